The zero-order valence-corrected chi connectivity index (χ0v) is 12.1. The van der Waals surface area contributed by atoms with Crippen molar-refractivity contribution >= 4 is 15.9 Å². The van der Waals surface area contributed by atoms with E-state index in [-0.39, 0.29) is 0 Å². The Kier molecular flexibility index (Phi) is 3.73. The van der Waals surface area contributed by atoms with Crippen LogP contribution in [0, 0.1) is 0 Å². The van der Waals surface area contributed by atoms with Crippen molar-refractivity contribution in [2.24, 2.45) is 5.73 Å². The highest BCUT2D eigenvalue weighted by Gasteiger charge is 2.25. The van der Waals surface area contributed by atoms with Crippen LogP contribution in [0.3, 0.4) is 0 Å². The van der Waals surface area contributed by atoms with Gasteiger partial charge in [-0.1, -0.05) is 46.3 Å². The third kappa shape index (κ3) is 2.42. The van der Waals surface area contributed by atoms with Gasteiger partial charge in [0.2, 0.25) is 0 Å². The number of rotatable bonds is 3. The molecule has 0 radical (unpaired) electrons. The number of ether oxygens (including phenoxy) is 1. The Morgan fingerprint density at radius 3 is 2.50 bits per heavy atom. The first-order valence-corrected chi connectivity index (χ1v) is 6.53. The summed E-state index contributed by atoms with van der Waals surface area (Å²) in [6, 6.07) is 15.9. The van der Waals surface area contributed by atoms with Crippen molar-refractivity contribution in [3.63, 3.8) is 0 Å². The lowest BCUT2D eigenvalue weighted by Crippen LogP contribution is -2.34. The predicted molar refractivity (Wildman–Crippen MR) is 77.8 cm³/mol. The zero-order chi connectivity index (χ0) is 13.2. The van der Waals surface area contributed by atoms with E-state index in [4.69, 9.17) is 10.5 Å². The summed E-state index contributed by atoms with van der Waals surface area (Å²) in [5.41, 5.74) is 8.01. The smallest absolute Gasteiger partial charge is 0.119 e. The molecule has 0 heterocycles. The molecule has 0 aliphatic rings. The number of benzene rings is 2. The highest BCUT2D eigenvalue weighted by atomic mass is 79.9. The molecule has 0 spiro atoms. The molecule has 0 aliphatic carbocycles. The van der Waals surface area contributed by atoms with Crippen molar-refractivity contribution in [1.82, 2.24) is 0 Å². The van der Waals surface area contributed by atoms with E-state index in [1.54, 1.807) is 7.11 Å². The fourth-order valence-corrected chi connectivity index (χ4v) is 2.68. The highest BCUT2D eigenvalue weighted by Crippen LogP contribution is 2.33. The van der Waals surface area contributed by atoms with E-state index in [2.05, 4.69) is 15.9 Å². The van der Waals surface area contributed by atoms with Crippen molar-refractivity contribution < 1.29 is 4.74 Å². The minimum absolute atomic E-state index is 0.561. The standard InChI is InChI=1S/C15H16BrNO/c1-15(17,13-8-3-4-9-14(13)16)11-6-5-7-12(10-11)18-2/h3-10H,17H2,1-2H3. The third-order valence-electron chi connectivity index (χ3n) is 3.10. The summed E-state index contributed by atoms with van der Waals surface area (Å²) >= 11 is 3.55. The van der Waals surface area contributed by atoms with Crippen LogP contribution >= 0.6 is 15.9 Å². The lowest BCUT2D eigenvalue weighted by molar-refractivity contribution is 0.413. The highest BCUT2D eigenvalue weighted by molar-refractivity contribution is 9.10. The van der Waals surface area contributed by atoms with Crippen LogP contribution in [0.15, 0.2) is 53.0 Å². The Morgan fingerprint density at radius 1 is 1.11 bits per heavy atom. The van der Waals surface area contributed by atoms with Crippen molar-refractivity contribution in [2.75, 3.05) is 7.11 Å². The summed E-state index contributed by atoms with van der Waals surface area (Å²) in [5, 5.41) is 0. The molecular weight excluding hydrogens is 290 g/mol. The Bertz CT molecular complexity index is 552. The van der Waals surface area contributed by atoms with Crippen LogP contribution < -0.4 is 10.5 Å². The topological polar surface area (TPSA) is 35.2 Å². The number of methoxy groups -OCH3 is 1. The van der Waals surface area contributed by atoms with Crippen LogP contribution in [-0.4, -0.2) is 7.11 Å². The molecule has 0 fully saturated rings. The number of nitrogens with two attached hydrogens (primary N) is 1. The molecule has 2 aromatic carbocycles. The minimum atomic E-state index is -0.561. The van der Waals surface area contributed by atoms with Crippen molar-refractivity contribution in [3.8, 4) is 5.75 Å². The molecule has 94 valence electrons. The van der Waals surface area contributed by atoms with Crippen LogP contribution in [-0.2, 0) is 5.54 Å². The molecule has 0 amide bonds. The Morgan fingerprint density at radius 2 is 1.83 bits per heavy atom. The number of halogens is 1. The number of hydrogen-bond donors (Lipinski definition) is 1. The molecule has 1 unspecified atom stereocenters. The lowest BCUT2D eigenvalue weighted by Gasteiger charge is -2.27. The van der Waals surface area contributed by atoms with Gasteiger partial charge in [0.05, 0.1) is 12.6 Å². The first kappa shape index (κ1) is 13.1. The summed E-state index contributed by atoms with van der Waals surface area (Å²) in [7, 11) is 1.66. The second-order valence-electron chi connectivity index (χ2n) is 4.41. The monoisotopic (exact) mass is 305 g/mol. The van der Waals surface area contributed by atoms with Gasteiger partial charge >= 0.3 is 0 Å². The quantitative estimate of drug-likeness (QED) is 0.939. The van der Waals surface area contributed by atoms with Gasteiger partial charge in [-0.15, -0.1) is 0 Å². The van der Waals surface area contributed by atoms with Gasteiger partial charge in [-0.2, -0.15) is 0 Å². The van der Waals surface area contributed by atoms with Crippen LogP contribution in [0.4, 0.5) is 0 Å². The Hall–Kier alpha value is -1.32. The average molecular weight is 306 g/mol. The molecular formula is C15H16BrNO. The predicted octanol–water partition coefficient (Wildman–Crippen LogP) is 3.68. The van der Waals surface area contributed by atoms with Crippen molar-refractivity contribution in [1.29, 1.82) is 0 Å². The molecule has 0 saturated heterocycles. The molecule has 2 nitrogen and oxygen atoms in total. The molecule has 0 saturated carbocycles. The van der Waals surface area contributed by atoms with E-state index in [0.29, 0.717) is 0 Å². The van der Waals surface area contributed by atoms with Gasteiger partial charge < -0.3 is 10.5 Å². The third-order valence-corrected chi connectivity index (χ3v) is 3.79. The van der Waals surface area contributed by atoms with Gasteiger partial charge in [-0.05, 0) is 36.2 Å². The molecule has 0 aliphatic heterocycles. The Balaban J connectivity index is 2.50. The zero-order valence-electron chi connectivity index (χ0n) is 10.5. The molecule has 1 atom stereocenters. The van der Waals surface area contributed by atoms with Gasteiger partial charge in [0.1, 0.15) is 5.75 Å². The normalized spacial score (nSPS) is 14.0. The Labute approximate surface area is 116 Å². The number of hydrogen-bond acceptors (Lipinski definition) is 2. The lowest BCUT2D eigenvalue weighted by atomic mass is 9.85. The maximum absolute atomic E-state index is 6.50. The molecule has 2 aromatic rings. The van der Waals surface area contributed by atoms with Crippen LogP contribution in [0.25, 0.3) is 0 Å². The SMILES string of the molecule is COc1cccc(C(C)(N)c2ccccc2Br)c1. The minimum Gasteiger partial charge on any atom is -0.497 e. The molecule has 3 heteroatoms. The maximum atomic E-state index is 6.50. The fraction of sp³-hybridized carbons (Fsp3) is 0.200. The maximum Gasteiger partial charge on any atom is 0.119 e. The first-order chi connectivity index (χ1) is 8.55. The van der Waals surface area contributed by atoms with Gasteiger partial charge in [-0.3, -0.25) is 0 Å². The fourth-order valence-electron chi connectivity index (χ4n) is 1.98. The molecule has 0 aromatic heterocycles. The second kappa shape index (κ2) is 5.12. The van der Waals surface area contributed by atoms with Gasteiger partial charge in [0.15, 0.2) is 0 Å². The summed E-state index contributed by atoms with van der Waals surface area (Å²) in [6.07, 6.45) is 0. The average Bonchev–Trinajstić information content (AvgIpc) is 2.39. The summed E-state index contributed by atoms with van der Waals surface area (Å²) in [6.45, 7) is 2.00. The van der Waals surface area contributed by atoms with Gasteiger partial charge in [0.25, 0.3) is 0 Å². The van der Waals surface area contributed by atoms with E-state index < -0.39 is 5.54 Å². The molecule has 18 heavy (non-hydrogen) atoms. The van der Waals surface area contributed by atoms with E-state index >= 15 is 0 Å². The van der Waals surface area contributed by atoms with E-state index in [0.717, 1.165) is 21.3 Å². The van der Waals surface area contributed by atoms with E-state index in [1.807, 2.05) is 55.5 Å². The molecule has 0 bridgehead atoms. The largest absolute Gasteiger partial charge is 0.497 e. The van der Waals surface area contributed by atoms with Gasteiger partial charge in [-0.25, -0.2) is 0 Å². The molecule has 2 rings (SSSR count). The summed E-state index contributed by atoms with van der Waals surface area (Å²) < 4.78 is 6.26. The van der Waals surface area contributed by atoms with Crippen molar-refractivity contribution in [2.45, 2.75) is 12.5 Å². The first-order valence-electron chi connectivity index (χ1n) is 5.74. The summed E-state index contributed by atoms with van der Waals surface area (Å²) in [5.74, 6) is 0.816. The van der Waals surface area contributed by atoms with Crippen LogP contribution in [0.1, 0.15) is 18.1 Å². The van der Waals surface area contributed by atoms with E-state index in [9.17, 15) is 0 Å². The molecule has 2 N–H and O–H groups in total. The van der Waals surface area contributed by atoms with Gasteiger partial charge in [0, 0.05) is 4.47 Å². The summed E-state index contributed by atoms with van der Waals surface area (Å²) in [4.78, 5) is 0. The van der Waals surface area contributed by atoms with Crippen LogP contribution in [0.2, 0.25) is 0 Å². The van der Waals surface area contributed by atoms with E-state index in [1.165, 1.54) is 0 Å². The second-order valence-corrected chi connectivity index (χ2v) is 5.27. The van der Waals surface area contributed by atoms with Crippen LogP contribution in [0.5, 0.6) is 5.75 Å². The van der Waals surface area contributed by atoms with Crippen molar-refractivity contribution in [3.05, 3.63) is 64.1 Å².